The lowest BCUT2D eigenvalue weighted by Gasteiger charge is -2.25. The van der Waals surface area contributed by atoms with Crippen molar-refractivity contribution in [2.24, 2.45) is 0 Å². The Bertz CT molecular complexity index is 408. The van der Waals surface area contributed by atoms with E-state index in [0.29, 0.717) is 0 Å². The summed E-state index contributed by atoms with van der Waals surface area (Å²) in [5.74, 6) is 0.920. The van der Waals surface area contributed by atoms with E-state index >= 15 is 0 Å². The van der Waals surface area contributed by atoms with Gasteiger partial charge in [-0.3, -0.25) is 0 Å². The molecule has 4 nitrogen and oxygen atoms in total. The Morgan fingerprint density at radius 3 is 2.00 bits per heavy atom. The van der Waals surface area contributed by atoms with Gasteiger partial charge in [-0.1, -0.05) is 6.07 Å². The second-order valence-electron chi connectivity index (χ2n) is 4.56. The van der Waals surface area contributed by atoms with Crippen LogP contribution in [0.1, 0.15) is 16.7 Å². The molecule has 0 fully saturated rings. The first-order valence-electron chi connectivity index (χ1n) is 6.31. The zero-order chi connectivity index (χ0) is 14.5. The average molecular weight is 284 g/mol. The predicted molar refractivity (Wildman–Crippen MR) is 77.8 cm³/mol. The summed E-state index contributed by atoms with van der Waals surface area (Å²) in [6.45, 7) is 4.16. The Morgan fingerprint density at radius 2 is 1.53 bits per heavy atom. The Balaban J connectivity index is 2.94. The fourth-order valence-electron chi connectivity index (χ4n) is 2.30. The topological polar surface area (TPSA) is 36.9 Å². The van der Waals surface area contributed by atoms with E-state index < -0.39 is 8.80 Å². The fourth-order valence-corrected chi connectivity index (χ4v) is 3.96. The molecule has 0 heterocycles. The summed E-state index contributed by atoms with van der Waals surface area (Å²) in [4.78, 5) is 0. The van der Waals surface area contributed by atoms with Crippen molar-refractivity contribution in [3.05, 3.63) is 28.8 Å². The van der Waals surface area contributed by atoms with Crippen LogP contribution in [-0.4, -0.2) is 37.2 Å². The van der Waals surface area contributed by atoms with Crippen molar-refractivity contribution < 1.29 is 18.0 Å². The number of methoxy groups -OCH3 is 1. The molecule has 19 heavy (non-hydrogen) atoms. The van der Waals surface area contributed by atoms with Crippen molar-refractivity contribution in [3.8, 4) is 5.75 Å². The number of hydrogen-bond acceptors (Lipinski definition) is 4. The summed E-state index contributed by atoms with van der Waals surface area (Å²) >= 11 is 0. The van der Waals surface area contributed by atoms with E-state index in [1.807, 2.05) is 0 Å². The molecule has 0 aliphatic carbocycles. The highest BCUT2D eigenvalue weighted by atomic mass is 28.4. The van der Waals surface area contributed by atoms with Crippen molar-refractivity contribution >= 4 is 8.80 Å². The minimum atomic E-state index is -2.53. The highest BCUT2D eigenvalue weighted by Gasteiger charge is 2.37. The molecule has 0 radical (unpaired) electrons. The number of ether oxygens (including phenoxy) is 1. The van der Waals surface area contributed by atoms with Crippen molar-refractivity contribution in [1.82, 2.24) is 0 Å². The number of rotatable bonds is 7. The van der Waals surface area contributed by atoms with Crippen molar-refractivity contribution in [2.45, 2.75) is 26.3 Å². The summed E-state index contributed by atoms with van der Waals surface area (Å²) in [6.07, 6.45) is 0.816. The third-order valence-corrected chi connectivity index (χ3v) is 6.14. The van der Waals surface area contributed by atoms with Gasteiger partial charge in [0.2, 0.25) is 0 Å². The highest BCUT2D eigenvalue weighted by molar-refractivity contribution is 6.60. The van der Waals surface area contributed by atoms with E-state index in [2.05, 4.69) is 26.0 Å². The van der Waals surface area contributed by atoms with E-state index in [0.717, 1.165) is 18.2 Å². The van der Waals surface area contributed by atoms with Gasteiger partial charge in [0.15, 0.2) is 0 Å². The van der Waals surface area contributed by atoms with Crippen LogP contribution < -0.4 is 4.74 Å². The van der Waals surface area contributed by atoms with Crippen molar-refractivity contribution in [2.75, 3.05) is 28.4 Å². The SMILES string of the molecule is COc1cc(C)cc(C)c1CC[Si](OC)(OC)OC. The average Bonchev–Trinajstić information content (AvgIpc) is 2.42. The fraction of sp³-hybridized carbons (Fsp3) is 0.571. The van der Waals surface area contributed by atoms with Crippen molar-refractivity contribution in [1.29, 1.82) is 0 Å². The largest absolute Gasteiger partial charge is 0.500 e. The molecule has 0 spiro atoms. The summed E-state index contributed by atoms with van der Waals surface area (Å²) in [5.41, 5.74) is 3.62. The molecule has 1 aromatic carbocycles. The standard InChI is InChI=1S/C14H24O4Si/c1-11-9-12(2)13(14(10-11)15-3)7-8-19(16-4,17-5)18-6/h9-10H,7-8H2,1-6H3. The van der Waals surface area contributed by atoms with Gasteiger partial charge in [0.25, 0.3) is 0 Å². The van der Waals surface area contributed by atoms with E-state index in [-0.39, 0.29) is 0 Å². The molecule has 1 rings (SSSR count). The van der Waals surface area contributed by atoms with Crippen LogP contribution in [0, 0.1) is 13.8 Å². The lowest BCUT2D eigenvalue weighted by molar-refractivity contribution is 0.123. The molecule has 0 saturated heterocycles. The maximum atomic E-state index is 5.47. The molecule has 1 aromatic rings. The first-order chi connectivity index (χ1) is 9.01. The van der Waals surface area contributed by atoms with Crippen LogP contribution in [0.5, 0.6) is 5.75 Å². The maximum absolute atomic E-state index is 5.47. The zero-order valence-corrected chi connectivity index (χ0v) is 13.7. The van der Waals surface area contributed by atoms with Crippen LogP contribution in [0.15, 0.2) is 12.1 Å². The monoisotopic (exact) mass is 284 g/mol. The van der Waals surface area contributed by atoms with E-state index in [9.17, 15) is 0 Å². The van der Waals surface area contributed by atoms with Gasteiger partial charge in [-0.15, -0.1) is 0 Å². The zero-order valence-electron chi connectivity index (χ0n) is 12.7. The Labute approximate surface area is 117 Å². The molecule has 0 saturated carbocycles. The lowest BCUT2D eigenvalue weighted by Crippen LogP contribution is -2.43. The number of benzene rings is 1. The summed E-state index contributed by atoms with van der Waals surface area (Å²) in [6, 6.07) is 4.95. The molecular formula is C14H24O4Si. The number of aryl methyl sites for hydroxylation is 2. The molecule has 0 aromatic heterocycles. The van der Waals surface area contributed by atoms with Crippen LogP contribution in [0.25, 0.3) is 0 Å². The van der Waals surface area contributed by atoms with E-state index in [1.165, 1.54) is 16.7 Å². The van der Waals surface area contributed by atoms with Gasteiger partial charge in [0.05, 0.1) is 7.11 Å². The smallest absolute Gasteiger partial charge is 0.496 e. The van der Waals surface area contributed by atoms with Crippen LogP contribution in [0.2, 0.25) is 6.04 Å². The normalized spacial score (nSPS) is 11.7. The second kappa shape index (κ2) is 7.05. The molecule has 0 N–H and O–H groups in total. The molecule has 0 atom stereocenters. The van der Waals surface area contributed by atoms with Gasteiger partial charge < -0.3 is 18.0 Å². The third-order valence-electron chi connectivity index (χ3n) is 3.41. The predicted octanol–water partition coefficient (Wildman–Crippen LogP) is 2.73. The maximum Gasteiger partial charge on any atom is 0.500 e. The van der Waals surface area contributed by atoms with Gasteiger partial charge in [0, 0.05) is 27.4 Å². The van der Waals surface area contributed by atoms with Crippen molar-refractivity contribution in [3.63, 3.8) is 0 Å². The summed E-state index contributed by atoms with van der Waals surface area (Å²) in [7, 11) is 4.08. The van der Waals surface area contributed by atoms with E-state index in [4.69, 9.17) is 18.0 Å². The first-order valence-corrected chi connectivity index (χ1v) is 8.24. The highest BCUT2D eigenvalue weighted by Crippen LogP contribution is 2.27. The molecule has 5 heteroatoms. The molecule has 0 unspecified atom stereocenters. The van der Waals surface area contributed by atoms with Gasteiger partial charge in [-0.05, 0) is 43.0 Å². The van der Waals surface area contributed by atoms with Crippen LogP contribution >= 0.6 is 0 Å². The molecule has 108 valence electrons. The van der Waals surface area contributed by atoms with E-state index in [1.54, 1.807) is 28.4 Å². The van der Waals surface area contributed by atoms with Gasteiger partial charge in [-0.2, -0.15) is 0 Å². The lowest BCUT2D eigenvalue weighted by atomic mass is 10.0. The van der Waals surface area contributed by atoms with Gasteiger partial charge in [0.1, 0.15) is 5.75 Å². The third kappa shape index (κ3) is 3.79. The Morgan fingerprint density at radius 1 is 0.947 bits per heavy atom. The molecular weight excluding hydrogens is 260 g/mol. The minimum Gasteiger partial charge on any atom is -0.496 e. The molecule has 0 amide bonds. The van der Waals surface area contributed by atoms with Crippen LogP contribution in [-0.2, 0) is 19.7 Å². The quantitative estimate of drug-likeness (QED) is 0.721. The minimum absolute atomic E-state index is 0.733. The first kappa shape index (κ1) is 16.2. The van der Waals surface area contributed by atoms with Gasteiger partial charge in [-0.25, -0.2) is 0 Å². The Kier molecular flexibility index (Phi) is 6.00. The Hall–Kier alpha value is -0.883. The molecule has 0 aliphatic heterocycles. The van der Waals surface area contributed by atoms with Crippen LogP contribution in [0.3, 0.4) is 0 Å². The van der Waals surface area contributed by atoms with Gasteiger partial charge >= 0.3 is 8.80 Å². The summed E-state index contributed by atoms with van der Waals surface area (Å²) < 4.78 is 21.8. The number of hydrogen-bond donors (Lipinski definition) is 0. The van der Waals surface area contributed by atoms with Crippen LogP contribution in [0.4, 0.5) is 0 Å². The molecule has 0 bridgehead atoms. The molecule has 0 aliphatic rings. The second-order valence-corrected chi connectivity index (χ2v) is 7.65. The summed E-state index contributed by atoms with van der Waals surface area (Å²) in [5, 5.41) is 0.